The van der Waals surface area contributed by atoms with Crippen LogP contribution in [0.5, 0.6) is 5.75 Å². The molecule has 0 unspecified atom stereocenters. The van der Waals surface area contributed by atoms with Crippen LogP contribution in [-0.4, -0.2) is 42.8 Å². The molecule has 34 heavy (non-hydrogen) atoms. The molecule has 2 aromatic carbocycles. The van der Waals surface area contributed by atoms with Gasteiger partial charge in [-0.15, -0.1) is 0 Å². The first kappa shape index (κ1) is 25.1. The van der Waals surface area contributed by atoms with Crippen LogP contribution in [0.3, 0.4) is 0 Å². The average molecular weight is 492 g/mol. The van der Waals surface area contributed by atoms with Crippen LogP contribution in [0.15, 0.2) is 30.3 Å². The molecule has 4 rings (SSSR count). The molecular formula is C27H35F2NO3S. The third-order valence-electron chi connectivity index (χ3n) is 7.40. The highest BCUT2D eigenvalue weighted by Crippen LogP contribution is 2.42. The maximum absolute atomic E-state index is 14.8. The Kier molecular flexibility index (Phi) is 6.58. The first-order valence-electron chi connectivity index (χ1n) is 12.1. The highest BCUT2D eigenvalue weighted by Gasteiger charge is 2.41. The number of likely N-dealkylation sites (tertiary alicyclic amines) is 1. The Labute approximate surface area is 202 Å². The largest absolute Gasteiger partial charge is 0.487 e. The quantitative estimate of drug-likeness (QED) is 0.533. The molecule has 2 aromatic rings. The fraction of sp³-hybridized carbons (Fsp3) is 0.556. The second-order valence-electron chi connectivity index (χ2n) is 11.0. The lowest BCUT2D eigenvalue weighted by molar-refractivity contribution is -0.0355. The van der Waals surface area contributed by atoms with Crippen LogP contribution >= 0.6 is 0 Å². The number of aryl methyl sites for hydroxylation is 1. The number of hydrogen-bond donors (Lipinski definition) is 0. The third kappa shape index (κ3) is 5.01. The van der Waals surface area contributed by atoms with Gasteiger partial charge in [-0.3, -0.25) is 4.90 Å². The molecule has 1 fully saturated rings. The number of piperidine rings is 1. The van der Waals surface area contributed by atoms with Gasteiger partial charge in [0.05, 0.1) is 11.0 Å². The van der Waals surface area contributed by atoms with E-state index < -0.39 is 38.0 Å². The van der Waals surface area contributed by atoms with Gasteiger partial charge in [0.2, 0.25) is 0 Å². The molecule has 0 bridgehead atoms. The summed E-state index contributed by atoms with van der Waals surface area (Å²) in [7, 11) is -3.61. The zero-order valence-electron chi connectivity index (χ0n) is 20.7. The summed E-state index contributed by atoms with van der Waals surface area (Å²) in [6.07, 6.45) is 3.76. The lowest BCUT2D eigenvalue weighted by Crippen LogP contribution is -2.54. The van der Waals surface area contributed by atoms with Gasteiger partial charge < -0.3 is 4.74 Å². The minimum absolute atomic E-state index is 0.141. The predicted octanol–water partition coefficient (Wildman–Crippen LogP) is 5.91. The number of hydrogen-bond acceptors (Lipinski definition) is 4. The molecule has 2 aliphatic heterocycles. The van der Waals surface area contributed by atoms with Crippen molar-refractivity contribution in [2.75, 3.05) is 13.1 Å². The average Bonchev–Trinajstić information content (AvgIpc) is 2.75. The van der Waals surface area contributed by atoms with Crippen LogP contribution in [0.2, 0.25) is 0 Å². The minimum atomic E-state index is -3.61. The number of fused-ring (bicyclic) bond motifs is 1. The summed E-state index contributed by atoms with van der Waals surface area (Å²) in [5.74, 6) is -1.47. The smallest absolute Gasteiger partial charge is 0.156 e. The van der Waals surface area contributed by atoms with Gasteiger partial charge in [0, 0.05) is 24.2 Å². The van der Waals surface area contributed by atoms with Gasteiger partial charge in [-0.25, -0.2) is 17.2 Å². The van der Waals surface area contributed by atoms with E-state index in [1.165, 1.54) is 26.0 Å². The molecule has 0 saturated carbocycles. The third-order valence-corrected chi connectivity index (χ3v) is 9.53. The van der Waals surface area contributed by atoms with Gasteiger partial charge in [0.1, 0.15) is 23.0 Å². The zero-order chi connectivity index (χ0) is 24.9. The normalized spacial score (nSPS) is 18.7. The number of halogens is 2. The maximum Gasteiger partial charge on any atom is 0.156 e. The van der Waals surface area contributed by atoms with E-state index in [1.807, 2.05) is 18.2 Å². The molecule has 0 N–H and O–H groups in total. The Hall–Kier alpha value is -1.99. The van der Waals surface area contributed by atoms with E-state index in [1.54, 1.807) is 0 Å². The second kappa shape index (κ2) is 8.90. The maximum atomic E-state index is 14.8. The highest BCUT2D eigenvalue weighted by atomic mass is 32.2. The Balaban J connectivity index is 1.54. The van der Waals surface area contributed by atoms with Crippen molar-refractivity contribution < 1.29 is 21.9 Å². The van der Waals surface area contributed by atoms with Crippen molar-refractivity contribution in [1.29, 1.82) is 0 Å². The summed E-state index contributed by atoms with van der Waals surface area (Å²) in [6, 6.07) is 8.10. The second-order valence-corrected chi connectivity index (χ2v) is 13.6. The van der Waals surface area contributed by atoms with E-state index in [0.717, 1.165) is 50.1 Å². The van der Waals surface area contributed by atoms with Gasteiger partial charge in [-0.1, -0.05) is 6.07 Å². The molecule has 2 aliphatic rings. The molecule has 7 heteroatoms. The van der Waals surface area contributed by atoms with Gasteiger partial charge in [-0.05, 0) is 101 Å². The molecule has 0 atom stereocenters. The Bertz CT molecular complexity index is 1150. The van der Waals surface area contributed by atoms with E-state index in [-0.39, 0.29) is 11.1 Å². The highest BCUT2D eigenvalue weighted by molar-refractivity contribution is 7.91. The van der Waals surface area contributed by atoms with Crippen molar-refractivity contribution in [3.63, 3.8) is 0 Å². The Morgan fingerprint density at radius 3 is 2.18 bits per heavy atom. The number of ether oxygens (including phenoxy) is 1. The van der Waals surface area contributed by atoms with Crippen LogP contribution in [0.4, 0.5) is 8.78 Å². The van der Waals surface area contributed by atoms with E-state index in [2.05, 4.69) is 25.7 Å². The lowest BCUT2D eigenvalue weighted by atomic mass is 9.81. The van der Waals surface area contributed by atoms with Crippen molar-refractivity contribution in [1.82, 2.24) is 4.90 Å². The summed E-state index contributed by atoms with van der Waals surface area (Å²) >= 11 is 0. The van der Waals surface area contributed by atoms with E-state index in [4.69, 9.17) is 4.74 Å². The molecule has 0 aromatic heterocycles. The summed E-state index contributed by atoms with van der Waals surface area (Å²) in [5.41, 5.74) is 1.73. The fourth-order valence-corrected chi connectivity index (χ4v) is 5.92. The van der Waals surface area contributed by atoms with E-state index in [0.29, 0.717) is 11.1 Å². The first-order chi connectivity index (χ1) is 15.8. The topological polar surface area (TPSA) is 46.6 Å². The fourth-order valence-electron chi connectivity index (χ4n) is 4.91. The molecule has 2 heterocycles. The van der Waals surface area contributed by atoms with Crippen molar-refractivity contribution >= 4 is 9.84 Å². The SMILES string of the molecule is CC(C)S(=O)(=O)Cc1c(F)cc(-c2ccc3c(c2)CCC2(CCN(C(C)(C)C)CC2)O3)cc1F. The lowest BCUT2D eigenvalue weighted by Gasteiger charge is -2.48. The number of nitrogens with zero attached hydrogens (tertiary/aromatic N) is 1. The van der Waals surface area contributed by atoms with Crippen LogP contribution in [0.1, 0.15) is 65.0 Å². The van der Waals surface area contributed by atoms with Crippen molar-refractivity contribution in [2.45, 2.75) is 82.4 Å². The number of benzene rings is 2. The van der Waals surface area contributed by atoms with Crippen molar-refractivity contribution in [3.05, 3.63) is 53.1 Å². The van der Waals surface area contributed by atoms with Crippen LogP contribution < -0.4 is 4.74 Å². The Morgan fingerprint density at radius 1 is 1.00 bits per heavy atom. The van der Waals surface area contributed by atoms with Crippen LogP contribution in [0.25, 0.3) is 11.1 Å². The minimum Gasteiger partial charge on any atom is -0.487 e. The molecule has 0 radical (unpaired) electrons. The monoisotopic (exact) mass is 491 g/mol. The molecule has 186 valence electrons. The standard InChI is InChI=1S/C27H35F2NO3S/c1-18(2)34(31,32)17-22-23(28)15-21(16-24(22)29)19-6-7-25-20(14-19)8-9-27(33-25)10-12-30(13-11-27)26(3,4)5/h6-7,14-16,18H,8-13,17H2,1-5H3. The molecule has 1 spiro atoms. The van der Waals surface area contributed by atoms with E-state index in [9.17, 15) is 17.2 Å². The Morgan fingerprint density at radius 2 is 1.62 bits per heavy atom. The van der Waals surface area contributed by atoms with Crippen LogP contribution in [-0.2, 0) is 22.0 Å². The van der Waals surface area contributed by atoms with Gasteiger partial charge in [-0.2, -0.15) is 0 Å². The van der Waals surface area contributed by atoms with E-state index >= 15 is 0 Å². The number of rotatable bonds is 4. The van der Waals surface area contributed by atoms with Crippen LogP contribution in [0, 0.1) is 11.6 Å². The predicted molar refractivity (Wildman–Crippen MR) is 132 cm³/mol. The van der Waals surface area contributed by atoms with Gasteiger partial charge in [0.25, 0.3) is 0 Å². The first-order valence-corrected chi connectivity index (χ1v) is 13.8. The molecule has 1 saturated heterocycles. The summed E-state index contributed by atoms with van der Waals surface area (Å²) in [4.78, 5) is 2.50. The summed E-state index contributed by atoms with van der Waals surface area (Å²) in [5, 5.41) is -0.699. The van der Waals surface area contributed by atoms with Crippen molar-refractivity contribution in [3.8, 4) is 16.9 Å². The van der Waals surface area contributed by atoms with Gasteiger partial charge >= 0.3 is 0 Å². The summed E-state index contributed by atoms with van der Waals surface area (Å²) < 4.78 is 60.3. The molecule has 0 amide bonds. The molecule has 0 aliphatic carbocycles. The molecular weight excluding hydrogens is 456 g/mol. The van der Waals surface area contributed by atoms with Gasteiger partial charge in [0.15, 0.2) is 9.84 Å². The van der Waals surface area contributed by atoms with Crippen molar-refractivity contribution in [2.24, 2.45) is 0 Å². The molecule has 4 nitrogen and oxygen atoms in total. The summed E-state index contributed by atoms with van der Waals surface area (Å²) in [6.45, 7) is 11.8. The zero-order valence-corrected chi connectivity index (χ0v) is 21.6. The number of sulfone groups is 1.